The van der Waals surface area contributed by atoms with Crippen LogP contribution in [0, 0.1) is 6.92 Å². The predicted octanol–water partition coefficient (Wildman–Crippen LogP) is 1.16. The van der Waals surface area contributed by atoms with E-state index < -0.39 is 0 Å². The van der Waals surface area contributed by atoms with Gasteiger partial charge in [0.15, 0.2) is 0 Å². The van der Waals surface area contributed by atoms with Gasteiger partial charge in [0.25, 0.3) is 0 Å². The molecule has 0 saturated heterocycles. The Hall–Kier alpha value is -0.480. The van der Waals surface area contributed by atoms with Crippen LogP contribution in [-0.4, -0.2) is 20.6 Å². The lowest BCUT2D eigenvalue weighted by Gasteiger charge is -2.01. The molecule has 3 nitrogen and oxygen atoms in total. The quantitative estimate of drug-likeness (QED) is 0.744. The first kappa shape index (κ1) is 8.62. The third-order valence-electron chi connectivity index (χ3n) is 1.45. The van der Waals surface area contributed by atoms with Crippen molar-refractivity contribution >= 4 is 11.5 Å². The maximum absolute atomic E-state index is 9.26. The first-order valence-electron chi connectivity index (χ1n) is 3.69. The molecule has 0 aliphatic heterocycles. The molecule has 11 heavy (non-hydrogen) atoms. The zero-order chi connectivity index (χ0) is 8.27. The van der Waals surface area contributed by atoms with Crippen LogP contribution in [0.5, 0.6) is 0 Å². The molecular weight excluding hydrogens is 160 g/mol. The summed E-state index contributed by atoms with van der Waals surface area (Å²) in [6.07, 6.45) is 1.16. The highest BCUT2D eigenvalue weighted by molar-refractivity contribution is 7.05. The summed E-state index contributed by atoms with van der Waals surface area (Å²) in [5, 5.41) is 10.2. The Labute approximate surface area is 70.3 Å². The van der Waals surface area contributed by atoms with Crippen molar-refractivity contribution in [1.29, 1.82) is 0 Å². The number of aliphatic hydroxyl groups is 1. The summed E-state index contributed by atoms with van der Waals surface area (Å²) in [4.78, 5) is 4.15. The Bertz CT molecular complexity index is 224. The number of aromatic nitrogens is 2. The maximum Gasteiger partial charge on any atom is 0.139 e. The van der Waals surface area contributed by atoms with Gasteiger partial charge < -0.3 is 5.11 Å². The van der Waals surface area contributed by atoms with Crippen LogP contribution in [0.3, 0.4) is 0 Å². The van der Waals surface area contributed by atoms with Crippen LogP contribution in [0.1, 0.15) is 24.2 Å². The normalized spacial score (nSPS) is 13.4. The van der Waals surface area contributed by atoms with Gasteiger partial charge >= 0.3 is 0 Å². The van der Waals surface area contributed by atoms with Crippen molar-refractivity contribution in [1.82, 2.24) is 9.36 Å². The van der Waals surface area contributed by atoms with Crippen molar-refractivity contribution in [2.24, 2.45) is 0 Å². The van der Waals surface area contributed by atoms with E-state index in [9.17, 15) is 5.11 Å². The minimum absolute atomic E-state index is 0.262. The molecule has 0 aliphatic carbocycles. The van der Waals surface area contributed by atoms with E-state index in [1.54, 1.807) is 0 Å². The maximum atomic E-state index is 9.26. The van der Waals surface area contributed by atoms with Gasteiger partial charge in [-0.1, -0.05) is 6.92 Å². The van der Waals surface area contributed by atoms with Gasteiger partial charge in [0.1, 0.15) is 10.8 Å². The molecule has 62 valence electrons. The molecule has 1 unspecified atom stereocenters. The van der Waals surface area contributed by atoms with E-state index >= 15 is 0 Å². The Kier molecular flexibility index (Phi) is 2.96. The van der Waals surface area contributed by atoms with Crippen LogP contribution < -0.4 is 0 Å². The predicted molar refractivity (Wildman–Crippen MR) is 44.6 cm³/mol. The van der Waals surface area contributed by atoms with Crippen molar-refractivity contribution < 1.29 is 5.11 Å². The topological polar surface area (TPSA) is 46.0 Å². The van der Waals surface area contributed by atoms with Crippen LogP contribution in [0.2, 0.25) is 0 Å². The molecule has 1 aromatic rings. The van der Waals surface area contributed by atoms with E-state index in [-0.39, 0.29) is 6.10 Å². The van der Waals surface area contributed by atoms with Crippen LogP contribution in [0.4, 0.5) is 0 Å². The molecule has 0 aromatic carbocycles. The molecule has 0 bridgehead atoms. The lowest BCUT2D eigenvalue weighted by Crippen LogP contribution is -2.07. The Balaban J connectivity index is 2.50. The first-order valence-corrected chi connectivity index (χ1v) is 4.47. The molecule has 0 spiro atoms. The molecule has 1 heterocycles. The molecule has 1 rings (SSSR count). The van der Waals surface area contributed by atoms with Crippen molar-refractivity contribution in [3.05, 3.63) is 10.8 Å². The second-order valence-electron chi connectivity index (χ2n) is 2.50. The zero-order valence-electron chi connectivity index (χ0n) is 6.74. The SMILES string of the molecule is CCC(O)Cc1nc(C)ns1. The van der Waals surface area contributed by atoms with Gasteiger partial charge in [-0.3, -0.25) is 0 Å². The molecule has 0 fully saturated rings. The van der Waals surface area contributed by atoms with E-state index in [0.29, 0.717) is 6.42 Å². The van der Waals surface area contributed by atoms with Crippen LogP contribution in [-0.2, 0) is 6.42 Å². The summed E-state index contributed by atoms with van der Waals surface area (Å²) in [5.74, 6) is 0.799. The molecule has 0 radical (unpaired) electrons. The Morgan fingerprint density at radius 3 is 2.82 bits per heavy atom. The number of aliphatic hydroxyl groups excluding tert-OH is 1. The molecule has 0 saturated carbocycles. The average Bonchev–Trinajstić information content (AvgIpc) is 2.35. The van der Waals surface area contributed by atoms with Gasteiger partial charge in [0.2, 0.25) is 0 Å². The van der Waals surface area contributed by atoms with Crippen molar-refractivity contribution in [2.45, 2.75) is 32.8 Å². The summed E-state index contributed by atoms with van der Waals surface area (Å²) in [6.45, 7) is 3.82. The fourth-order valence-corrected chi connectivity index (χ4v) is 1.49. The molecule has 1 atom stereocenters. The van der Waals surface area contributed by atoms with Gasteiger partial charge in [-0.2, -0.15) is 4.37 Å². The first-order chi connectivity index (χ1) is 5.22. The fourth-order valence-electron chi connectivity index (χ4n) is 0.769. The molecule has 0 amide bonds. The number of aryl methyl sites for hydroxylation is 1. The number of nitrogens with zero attached hydrogens (tertiary/aromatic N) is 2. The van der Waals surface area contributed by atoms with Gasteiger partial charge in [0.05, 0.1) is 6.10 Å². The lowest BCUT2D eigenvalue weighted by atomic mass is 10.2. The Morgan fingerprint density at radius 1 is 1.64 bits per heavy atom. The highest BCUT2D eigenvalue weighted by Crippen LogP contribution is 2.08. The third-order valence-corrected chi connectivity index (χ3v) is 2.28. The highest BCUT2D eigenvalue weighted by atomic mass is 32.1. The minimum atomic E-state index is -0.262. The fraction of sp³-hybridized carbons (Fsp3) is 0.714. The minimum Gasteiger partial charge on any atom is -0.393 e. The molecule has 1 N–H and O–H groups in total. The molecule has 1 aromatic heterocycles. The van der Waals surface area contributed by atoms with Crippen molar-refractivity contribution in [3.8, 4) is 0 Å². The van der Waals surface area contributed by atoms with Crippen molar-refractivity contribution in [3.63, 3.8) is 0 Å². The smallest absolute Gasteiger partial charge is 0.139 e. The van der Waals surface area contributed by atoms with Gasteiger partial charge in [-0.25, -0.2) is 4.98 Å². The van der Waals surface area contributed by atoms with E-state index in [1.165, 1.54) is 11.5 Å². The van der Waals surface area contributed by atoms with Gasteiger partial charge in [0, 0.05) is 6.42 Å². The standard InChI is InChI=1S/C7H12N2OS/c1-3-6(10)4-7-8-5(2)9-11-7/h6,10H,3-4H2,1-2H3. The average molecular weight is 172 g/mol. The lowest BCUT2D eigenvalue weighted by molar-refractivity contribution is 0.170. The van der Waals surface area contributed by atoms with Crippen molar-refractivity contribution in [2.75, 3.05) is 0 Å². The van der Waals surface area contributed by atoms with Crippen LogP contribution in [0.25, 0.3) is 0 Å². The second-order valence-corrected chi connectivity index (χ2v) is 3.34. The summed E-state index contributed by atoms with van der Waals surface area (Å²) >= 11 is 1.37. The Morgan fingerprint density at radius 2 is 2.36 bits per heavy atom. The number of hydrogen-bond acceptors (Lipinski definition) is 4. The molecular formula is C7H12N2OS. The molecule has 0 aliphatic rings. The largest absolute Gasteiger partial charge is 0.393 e. The van der Waals surface area contributed by atoms with Crippen LogP contribution >= 0.6 is 11.5 Å². The van der Waals surface area contributed by atoms with E-state index in [1.807, 2.05) is 13.8 Å². The van der Waals surface area contributed by atoms with Gasteiger partial charge in [-0.15, -0.1) is 0 Å². The summed E-state index contributed by atoms with van der Waals surface area (Å²) in [6, 6.07) is 0. The van der Waals surface area contributed by atoms with E-state index in [2.05, 4.69) is 9.36 Å². The monoisotopic (exact) mass is 172 g/mol. The van der Waals surface area contributed by atoms with Gasteiger partial charge in [-0.05, 0) is 24.9 Å². The second kappa shape index (κ2) is 3.78. The van der Waals surface area contributed by atoms with E-state index in [4.69, 9.17) is 0 Å². The van der Waals surface area contributed by atoms with E-state index in [0.717, 1.165) is 17.3 Å². The van der Waals surface area contributed by atoms with Crippen LogP contribution in [0.15, 0.2) is 0 Å². The zero-order valence-corrected chi connectivity index (χ0v) is 7.56. The molecule has 4 heteroatoms. The summed E-state index contributed by atoms with van der Waals surface area (Å²) < 4.78 is 4.02. The third kappa shape index (κ3) is 2.55. The highest BCUT2D eigenvalue weighted by Gasteiger charge is 2.06. The number of hydrogen-bond donors (Lipinski definition) is 1. The summed E-state index contributed by atoms with van der Waals surface area (Å²) in [5.41, 5.74) is 0. The summed E-state index contributed by atoms with van der Waals surface area (Å²) in [7, 11) is 0. The number of rotatable bonds is 3.